The van der Waals surface area contributed by atoms with Crippen molar-refractivity contribution in [2.45, 2.75) is 26.4 Å². The van der Waals surface area contributed by atoms with Gasteiger partial charge < -0.3 is 9.64 Å². The maximum Gasteiger partial charge on any atom is 0.410 e. The molecule has 0 saturated heterocycles. The van der Waals surface area contributed by atoms with Crippen LogP contribution in [0.3, 0.4) is 0 Å². The predicted octanol–water partition coefficient (Wildman–Crippen LogP) is 2.60. The van der Waals surface area contributed by atoms with E-state index >= 15 is 0 Å². The highest BCUT2D eigenvalue weighted by Crippen LogP contribution is 2.11. The highest BCUT2D eigenvalue weighted by Gasteiger charge is 2.18. The minimum Gasteiger partial charge on any atom is -0.446 e. The Hall–Kier alpha value is -0.260. The van der Waals surface area contributed by atoms with Gasteiger partial charge in [-0.25, -0.2) is 4.79 Å². The van der Waals surface area contributed by atoms with Crippen LogP contribution >= 0.6 is 22.6 Å². The van der Waals surface area contributed by atoms with Gasteiger partial charge >= 0.3 is 6.09 Å². The zero-order valence-corrected chi connectivity index (χ0v) is 10.8. The summed E-state index contributed by atoms with van der Waals surface area (Å²) in [7, 11) is 0. The van der Waals surface area contributed by atoms with Gasteiger partial charge in [-0.15, -0.1) is 0 Å². The van der Waals surface area contributed by atoms with Gasteiger partial charge in [-0.1, -0.05) is 34.2 Å². The standard InChI is InChI=1S/C10H16INO2/c1-8-3-5-12(6-4-8)10(13)14-9(2)7-11/h3,9H,4-7H2,1-2H3. The molecular weight excluding hydrogens is 293 g/mol. The van der Waals surface area contributed by atoms with Crippen molar-refractivity contribution in [3.05, 3.63) is 11.6 Å². The van der Waals surface area contributed by atoms with E-state index in [0.717, 1.165) is 17.4 Å². The summed E-state index contributed by atoms with van der Waals surface area (Å²) in [4.78, 5) is 13.3. The van der Waals surface area contributed by atoms with Gasteiger partial charge in [-0.05, 0) is 20.3 Å². The third-order valence-electron chi connectivity index (χ3n) is 2.21. The fourth-order valence-electron chi connectivity index (χ4n) is 1.21. The summed E-state index contributed by atoms with van der Waals surface area (Å²) in [6, 6.07) is 0. The predicted molar refractivity (Wildman–Crippen MR) is 64.8 cm³/mol. The highest BCUT2D eigenvalue weighted by atomic mass is 127. The molecule has 1 heterocycles. The second-order valence-electron chi connectivity index (χ2n) is 3.60. The van der Waals surface area contributed by atoms with E-state index in [1.54, 1.807) is 4.90 Å². The lowest BCUT2D eigenvalue weighted by Crippen LogP contribution is -2.37. The Labute approximate surface area is 98.6 Å². The van der Waals surface area contributed by atoms with E-state index in [1.807, 2.05) is 6.92 Å². The number of ether oxygens (including phenoxy) is 1. The zero-order chi connectivity index (χ0) is 10.6. The third-order valence-corrected chi connectivity index (χ3v) is 3.45. The lowest BCUT2D eigenvalue weighted by Gasteiger charge is -2.25. The molecule has 0 aromatic carbocycles. The molecule has 4 heteroatoms. The third kappa shape index (κ3) is 3.48. The van der Waals surface area contributed by atoms with E-state index in [1.165, 1.54) is 5.57 Å². The first-order chi connectivity index (χ1) is 6.63. The Kier molecular flexibility index (Phi) is 4.71. The smallest absolute Gasteiger partial charge is 0.410 e. The quantitative estimate of drug-likeness (QED) is 0.446. The van der Waals surface area contributed by atoms with Gasteiger partial charge in [0.05, 0.1) is 0 Å². The van der Waals surface area contributed by atoms with Gasteiger partial charge in [-0.2, -0.15) is 0 Å². The van der Waals surface area contributed by atoms with Crippen LogP contribution in [0.1, 0.15) is 20.3 Å². The molecule has 80 valence electrons. The van der Waals surface area contributed by atoms with E-state index in [0.29, 0.717) is 6.54 Å². The van der Waals surface area contributed by atoms with Crippen molar-refractivity contribution in [2.75, 3.05) is 17.5 Å². The first kappa shape index (κ1) is 11.8. The summed E-state index contributed by atoms with van der Waals surface area (Å²) in [6.45, 7) is 5.49. The van der Waals surface area contributed by atoms with Gasteiger partial charge in [-0.3, -0.25) is 0 Å². The Morgan fingerprint density at radius 3 is 3.00 bits per heavy atom. The van der Waals surface area contributed by atoms with Crippen LogP contribution in [0.2, 0.25) is 0 Å². The number of nitrogens with zero attached hydrogens (tertiary/aromatic N) is 1. The molecule has 0 N–H and O–H groups in total. The van der Waals surface area contributed by atoms with Crippen LogP contribution in [0.4, 0.5) is 4.79 Å². The first-order valence-corrected chi connectivity index (χ1v) is 6.33. The van der Waals surface area contributed by atoms with E-state index < -0.39 is 0 Å². The van der Waals surface area contributed by atoms with Crippen LogP contribution in [-0.4, -0.2) is 34.6 Å². The van der Waals surface area contributed by atoms with E-state index in [2.05, 4.69) is 35.6 Å². The topological polar surface area (TPSA) is 29.5 Å². The summed E-state index contributed by atoms with van der Waals surface area (Å²) < 4.78 is 6.06. The van der Waals surface area contributed by atoms with Crippen LogP contribution < -0.4 is 0 Å². The normalized spacial score (nSPS) is 18.8. The Balaban J connectivity index is 2.39. The lowest BCUT2D eigenvalue weighted by atomic mass is 10.1. The maximum atomic E-state index is 11.5. The van der Waals surface area contributed by atoms with Crippen molar-refractivity contribution < 1.29 is 9.53 Å². The molecule has 0 aromatic rings. The molecule has 1 amide bonds. The number of hydrogen-bond acceptors (Lipinski definition) is 2. The van der Waals surface area contributed by atoms with Gasteiger partial charge in [0.15, 0.2) is 0 Å². The van der Waals surface area contributed by atoms with Crippen LogP contribution in [0.25, 0.3) is 0 Å². The average Bonchev–Trinajstić information content (AvgIpc) is 2.18. The summed E-state index contributed by atoms with van der Waals surface area (Å²) in [5.41, 5.74) is 1.36. The number of amides is 1. The van der Waals surface area contributed by atoms with Gasteiger partial charge in [0.1, 0.15) is 6.10 Å². The highest BCUT2D eigenvalue weighted by molar-refractivity contribution is 14.1. The molecule has 1 aliphatic rings. The molecule has 0 aliphatic carbocycles. The largest absolute Gasteiger partial charge is 0.446 e. The molecule has 0 saturated carbocycles. The minimum atomic E-state index is -0.182. The molecule has 0 spiro atoms. The van der Waals surface area contributed by atoms with Crippen LogP contribution in [0.15, 0.2) is 11.6 Å². The maximum absolute atomic E-state index is 11.5. The number of hydrogen-bond donors (Lipinski definition) is 0. The molecule has 1 aliphatic heterocycles. The average molecular weight is 309 g/mol. The first-order valence-electron chi connectivity index (χ1n) is 4.80. The summed E-state index contributed by atoms with van der Waals surface area (Å²) >= 11 is 2.21. The van der Waals surface area contributed by atoms with Crippen molar-refractivity contribution in [3.8, 4) is 0 Å². The summed E-state index contributed by atoms with van der Waals surface area (Å²) in [5, 5.41) is 0. The monoisotopic (exact) mass is 309 g/mol. The van der Waals surface area contributed by atoms with Gasteiger partial charge in [0.25, 0.3) is 0 Å². The van der Waals surface area contributed by atoms with Crippen LogP contribution in [0, 0.1) is 0 Å². The molecule has 0 aromatic heterocycles. The van der Waals surface area contributed by atoms with Gasteiger partial charge in [0.2, 0.25) is 0 Å². The second-order valence-corrected chi connectivity index (χ2v) is 4.48. The van der Waals surface area contributed by atoms with E-state index in [-0.39, 0.29) is 12.2 Å². The molecule has 1 unspecified atom stereocenters. The molecule has 14 heavy (non-hydrogen) atoms. The molecule has 0 bridgehead atoms. The fraction of sp³-hybridized carbons (Fsp3) is 0.700. The molecule has 1 rings (SSSR count). The van der Waals surface area contributed by atoms with E-state index in [4.69, 9.17) is 4.74 Å². The molecule has 3 nitrogen and oxygen atoms in total. The number of carbonyl (C=O) groups is 1. The van der Waals surface area contributed by atoms with Crippen molar-refractivity contribution in [3.63, 3.8) is 0 Å². The zero-order valence-electron chi connectivity index (χ0n) is 8.62. The van der Waals surface area contributed by atoms with Crippen LogP contribution in [-0.2, 0) is 4.74 Å². The second kappa shape index (κ2) is 5.58. The summed E-state index contributed by atoms with van der Waals surface area (Å²) in [6.07, 6.45) is 2.88. The summed E-state index contributed by atoms with van der Waals surface area (Å²) in [5.74, 6) is 0. The number of rotatable bonds is 2. The number of carbonyl (C=O) groups excluding carboxylic acids is 1. The lowest BCUT2D eigenvalue weighted by molar-refractivity contribution is 0.0818. The molecule has 0 fully saturated rings. The van der Waals surface area contributed by atoms with Gasteiger partial charge in [0, 0.05) is 17.5 Å². The molecule has 1 atom stereocenters. The van der Waals surface area contributed by atoms with E-state index in [9.17, 15) is 4.79 Å². The van der Waals surface area contributed by atoms with Crippen molar-refractivity contribution in [1.29, 1.82) is 0 Å². The fourth-order valence-corrected chi connectivity index (χ4v) is 1.39. The molecule has 0 radical (unpaired) electrons. The number of alkyl halides is 1. The van der Waals surface area contributed by atoms with Crippen molar-refractivity contribution in [1.82, 2.24) is 4.90 Å². The number of halogens is 1. The Morgan fingerprint density at radius 1 is 1.79 bits per heavy atom. The SMILES string of the molecule is CC1=CCN(C(=O)OC(C)CI)CC1. The van der Waals surface area contributed by atoms with Crippen LogP contribution in [0.5, 0.6) is 0 Å². The van der Waals surface area contributed by atoms with Crippen molar-refractivity contribution >= 4 is 28.7 Å². The van der Waals surface area contributed by atoms with Crippen molar-refractivity contribution in [2.24, 2.45) is 0 Å². The molecular formula is C10H16INO2. The minimum absolute atomic E-state index is 0.00935. The Morgan fingerprint density at radius 2 is 2.50 bits per heavy atom. The Bertz CT molecular complexity index is 240.